The Kier molecular flexibility index (Phi) is 5.18. The van der Waals surface area contributed by atoms with Crippen LogP contribution in [-0.4, -0.2) is 31.1 Å². The second kappa shape index (κ2) is 7.74. The number of benzene rings is 1. The topological polar surface area (TPSA) is 38.8 Å². The molecule has 140 valence electrons. The van der Waals surface area contributed by atoms with Gasteiger partial charge in [-0.15, -0.1) is 11.3 Å². The molecule has 0 N–H and O–H groups in total. The van der Waals surface area contributed by atoms with E-state index in [9.17, 15) is 4.79 Å². The number of carbonyl (C=O) groups excluding carboxylic acids is 1. The Morgan fingerprint density at radius 2 is 2.19 bits per heavy atom. The van der Waals surface area contributed by atoms with Gasteiger partial charge in [0, 0.05) is 21.9 Å². The molecule has 0 saturated heterocycles. The predicted molar refractivity (Wildman–Crippen MR) is 110 cm³/mol. The first-order valence-electron chi connectivity index (χ1n) is 8.83. The van der Waals surface area contributed by atoms with Gasteiger partial charge in [-0.05, 0) is 59.1 Å². The van der Waals surface area contributed by atoms with Crippen LogP contribution in [0.4, 0.5) is 0 Å². The summed E-state index contributed by atoms with van der Waals surface area (Å²) < 4.78 is 11.6. The molecule has 2 aromatic heterocycles. The number of methoxy groups -OCH3 is 1. The summed E-state index contributed by atoms with van der Waals surface area (Å²) in [6, 6.07) is 10.4. The standard InChI is InChI=1S/C21H21NO3S2/c1-14-3-4-19(27-14)16-10-17-12-22(20(23)9-15-5-8-26-13-15)6-7-25-21(17)18(11-16)24-2/h3-5,8,10-11,13H,6-7,9,12H2,1-2H3. The molecule has 1 amide bonds. The number of amides is 1. The largest absolute Gasteiger partial charge is 0.493 e. The van der Waals surface area contributed by atoms with Crippen LogP contribution in [0.3, 0.4) is 0 Å². The van der Waals surface area contributed by atoms with Crippen molar-refractivity contribution in [3.05, 3.63) is 57.1 Å². The number of hydrogen-bond donors (Lipinski definition) is 0. The summed E-state index contributed by atoms with van der Waals surface area (Å²) in [6.07, 6.45) is 0.430. The lowest BCUT2D eigenvalue weighted by atomic mass is 10.1. The van der Waals surface area contributed by atoms with E-state index >= 15 is 0 Å². The van der Waals surface area contributed by atoms with Crippen molar-refractivity contribution in [3.63, 3.8) is 0 Å². The maximum Gasteiger partial charge on any atom is 0.227 e. The molecule has 0 unspecified atom stereocenters. The van der Waals surface area contributed by atoms with Gasteiger partial charge >= 0.3 is 0 Å². The molecule has 0 bridgehead atoms. The van der Waals surface area contributed by atoms with Gasteiger partial charge in [-0.25, -0.2) is 0 Å². The Bertz CT molecular complexity index is 946. The zero-order valence-electron chi connectivity index (χ0n) is 15.4. The van der Waals surface area contributed by atoms with Crippen molar-refractivity contribution < 1.29 is 14.3 Å². The average Bonchev–Trinajstić information content (AvgIpc) is 3.27. The van der Waals surface area contributed by atoms with Crippen molar-refractivity contribution in [2.75, 3.05) is 20.3 Å². The van der Waals surface area contributed by atoms with Crippen LogP contribution >= 0.6 is 22.7 Å². The van der Waals surface area contributed by atoms with Crippen LogP contribution in [0.2, 0.25) is 0 Å². The Morgan fingerprint density at radius 1 is 1.30 bits per heavy atom. The maximum atomic E-state index is 12.8. The van der Waals surface area contributed by atoms with Gasteiger partial charge in [0.2, 0.25) is 5.91 Å². The zero-order chi connectivity index (χ0) is 18.8. The van der Waals surface area contributed by atoms with Crippen LogP contribution in [0, 0.1) is 6.92 Å². The Hall–Kier alpha value is -2.31. The van der Waals surface area contributed by atoms with Crippen LogP contribution in [0.15, 0.2) is 41.1 Å². The molecule has 0 spiro atoms. The average molecular weight is 400 g/mol. The quantitative estimate of drug-likeness (QED) is 0.635. The Balaban J connectivity index is 1.65. The summed E-state index contributed by atoms with van der Waals surface area (Å²) in [5.74, 6) is 1.60. The molecule has 0 fully saturated rings. The molecule has 27 heavy (non-hydrogen) atoms. The van der Waals surface area contributed by atoms with E-state index in [4.69, 9.17) is 9.47 Å². The minimum absolute atomic E-state index is 0.126. The van der Waals surface area contributed by atoms with E-state index in [0.717, 1.165) is 28.2 Å². The first kappa shape index (κ1) is 18.1. The molecular formula is C21H21NO3S2. The van der Waals surface area contributed by atoms with Gasteiger partial charge in [0.1, 0.15) is 6.61 Å². The number of rotatable bonds is 4. The first-order valence-corrected chi connectivity index (χ1v) is 10.6. The Labute approximate surface area is 167 Å². The molecular weight excluding hydrogens is 378 g/mol. The zero-order valence-corrected chi connectivity index (χ0v) is 17.0. The fourth-order valence-electron chi connectivity index (χ4n) is 3.26. The second-order valence-corrected chi connectivity index (χ2v) is 8.62. The number of fused-ring (bicyclic) bond motifs is 1. The molecule has 6 heteroatoms. The van der Waals surface area contributed by atoms with E-state index < -0.39 is 0 Å². The van der Waals surface area contributed by atoms with Crippen LogP contribution < -0.4 is 9.47 Å². The molecule has 0 aliphatic carbocycles. The van der Waals surface area contributed by atoms with Gasteiger partial charge in [0.15, 0.2) is 11.5 Å². The van der Waals surface area contributed by atoms with Crippen molar-refractivity contribution in [2.45, 2.75) is 19.9 Å². The normalized spacial score (nSPS) is 13.6. The van der Waals surface area contributed by atoms with E-state index in [2.05, 4.69) is 25.1 Å². The smallest absolute Gasteiger partial charge is 0.227 e. The van der Waals surface area contributed by atoms with E-state index in [1.165, 1.54) is 9.75 Å². The molecule has 0 saturated carbocycles. The van der Waals surface area contributed by atoms with Crippen LogP contribution in [0.5, 0.6) is 11.5 Å². The third-order valence-electron chi connectivity index (χ3n) is 4.63. The summed E-state index contributed by atoms with van der Waals surface area (Å²) in [4.78, 5) is 17.1. The molecule has 3 heterocycles. The van der Waals surface area contributed by atoms with Gasteiger partial charge in [-0.1, -0.05) is 0 Å². The van der Waals surface area contributed by atoms with Crippen LogP contribution in [0.1, 0.15) is 16.0 Å². The highest BCUT2D eigenvalue weighted by Gasteiger charge is 2.23. The molecule has 0 radical (unpaired) electrons. The summed E-state index contributed by atoms with van der Waals surface area (Å²) in [6.45, 7) is 3.68. The van der Waals surface area contributed by atoms with Crippen molar-refractivity contribution in [3.8, 4) is 21.9 Å². The van der Waals surface area contributed by atoms with Crippen LogP contribution in [0.25, 0.3) is 10.4 Å². The Morgan fingerprint density at radius 3 is 2.89 bits per heavy atom. The summed E-state index contributed by atoms with van der Waals surface area (Å²) in [7, 11) is 1.66. The monoisotopic (exact) mass is 399 g/mol. The lowest BCUT2D eigenvalue weighted by Crippen LogP contribution is -2.33. The molecule has 4 nitrogen and oxygen atoms in total. The second-order valence-electron chi connectivity index (χ2n) is 6.55. The summed E-state index contributed by atoms with van der Waals surface area (Å²) in [5, 5.41) is 4.03. The first-order chi connectivity index (χ1) is 13.1. The third kappa shape index (κ3) is 3.87. The molecule has 3 aromatic rings. The van der Waals surface area contributed by atoms with E-state index in [1.54, 1.807) is 29.8 Å². The molecule has 1 aliphatic rings. The maximum absolute atomic E-state index is 12.8. The van der Waals surface area contributed by atoms with E-state index in [1.807, 2.05) is 27.8 Å². The van der Waals surface area contributed by atoms with E-state index in [0.29, 0.717) is 26.1 Å². The van der Waals surface area contributed by atoms with Crippen molar-refractivity contribution in [1.29, 1.82) is 0 Å². The lowest BCUT2D eigenvalue weighted by Gasteiger charge is -2.20. The highest BCUT2D eigenvalue weighted by molar-refractivity contribution is 7.15. The summed E-state index contributed by atoms with van der Waals surface area (Å²) in [5.41, 5.74) is 3.15. The van der Waals surface area contributed by atoms with Crippen LogP contribution in [-0.2, 0) is 17.8 Å². The molecule has 0 atom stereocenters. The summed E-state index contributed by atoms with van der Waals surface area (Å²) >= 11 is 3.37. The van der Waals surface area contributed by atoms with Crippen molar-refractivity contribution in [2.24, 2.45) is 0 Å². The predicted octanol–water partition coefficient (Wildman–Crippen LogP) is 4.76. The number of nitrogens with zero attached hydrogens (tertiary/aromatic N) is 1. The number of ether oxygens (including phenoxy) is 2. The van der Waals surface area contributed by atoms with Gasteiger partial charge < -0.3 is 14.4 Å². The van der Waals surface area contributed by atoms with Crippen molar-refractivity contribution in [1.82, 2.24) is 4.90 Å². The van der Waals surface area contributed by atoms with Gasteiger partial charge in [-0.3, -0.25) is 4.79 Å². The van der Waals surface area contributed by atoms with E-state index in [-0.39, 0.29) is 5.91 Å². The van der Waals surface area contributed by atoms with Gasteiger partial charge in [0.05, 0.1) is 20.1 Å². The molecule has 1 aliphatic heterocycles. The molecule has 1 aromatic carbocycles. The lowest BCUT2D eigenvalue weighted by molar-refractivity contribution is -0.131. The minimum atomic E-state index is 0.126. The minimum Gasteiger partial charge on any atom is -0.493 e. The number of aryl methyl sites for hydroxylation is 1. The SMILES string of the molecule is COc1cc(-c2ccc(C)s2)cc2c1OCCN(C(=O)Cc1ccsc1)C2. The fourth-order valence-corrected chi connectivity index (χ4v) is 4.78. The number of hydrogen-bond acceptors (Lipinski definition) is 5. The van der Waals surface area contributed by atoms with Gasteiger partial charge in [-0.2, -0.15) is 11.3 Å². The third-order valence-corrected chi connectivity index (χ3v) is 6.42. The highest BCUT2D eigenvalue weighted by atomic mass is 32.1. The number of carbonyl (C=O) groups is 1. The fraction of sp³-hybridized carbons (Fsp3) is 0.286. The molecule has 4 rings (SSSR count). The van der Waals surface area contributed by atoms with Gasteiger partial charge in [0.25, 0.3) is 0 Å². The number of thiophene rings is 2. The van der Waals surface area contributed by atoms with Crippen molar-refractivity contribution >= 4 is 28.6 Å². The highest BCUT2D eigenvalue weighted by Crippen LogP contribution is 2.40.